The van der Waals surface area contributed by atoms with E-state index in [0.29, 0.717) is 30.7 Å². The van der Waals surface area contributed by atoms with Gasteiger partial charge in [-0.05, 0) is 38.5 Å². The van der Waals surface area contributed by atoms with E-state index in [1.165, 1.54) is 4.90 Å². The summed E-state index contributed by atoms with van der Waals surface area (Å²) >= 11 is 0. The van der Waals surface area contributed by atoms with Gasteiger partial charge in [-0.2, -0.15) is 13.5 Å². The molecule has 0 radical (unpaired) electrons. The van der Waals surface area contributed by atoms with Crippen LogP contribution in [0.5, 0.6) is 0 Å². The predicted octanol–water partition coefficient (Wildman–Crippen LogP) is -0.400. The Morgan fingerprint density at radius 2 is 1.88 bits per heavy atom. The van der Waals surface area contributed by atoms with Gasteiger partial charge in [0, 0.05) is 18.5 Å². The molecule has 12 heteroatoms. The van der Waals surface area contributed by atoms with Crippen molar-refractivity contribution < 1.29 is 26.8 Å². The molecule has 3 amide bonds. The van der Waals surface area contributed by atoms with Crippen molar-refractivity contribution in [3.63, 3.8) is 0 Å². The van der Waals surface area contributed by atoms with Crippen LogP contribution >= 0.6 is 0 Å². The number of hydroxylamine groups is 2. The summed E-state index contributed by atoms with van der Waals surface area (Å²) in [5.74, 6) is -0.535. The van der Waals surface area contributed by atoms with E-state index in [1.807, 2.05) is 0 Å². The number of hydrogen-bond acceptors (Lipinski definition) is 7. The van der Waals surface area contributed by atoms with Crippen molar-refractivity contribution in [2.24, 2.45) is 11.7 Å². The molecule has 3 rings (SSSR count). The molecule has 1 aliphatic carbocycles. The van der Waals surface area contributed by atoms with E-state index in [9.17, 15) is 18.0 Å². The van der Waals surface area contributed by atoms with Crippen molar-refractivity contribution >= 4 is 28.2 Å². The third kappa shape index (κ3) is 3.98. The standard InChI is InChI=1S/C14H23N5O6S/c15-9-3-1-8(2-4-9)13(20)17-12(16)11-6-5-10-7-18(11)14(21)19(10)25-26(22,23)24/h8-11H,1-7,15H2,(H2,16,17,20)(H,22,23,24). The lowest BCUT2D eigenvalue weighted by Crippen LogP contribution is -2.52. The summed E-state index contributed by atoms with van der Waals surface area (Å²) in [4.78, 5) is 26.0. The maximum atomic E-state index is 12.4. The van der Waals surface area contributed by atoms with Crippen molar-refractivity contribution in [3.8, 4) is 0 Å². The van der Waals surface area contributed by atoms with Gasteiger partial charge in [0.25, 0.3) is 0 Å². The minimum absolute atomic E-state index is 0.0922. The summed E-state index contributed by atoms with van der Waals surface area (Å²) in [5, 5.41) is 11.4. The second-order valence-corrected chi connectivity index (χ2v) is 8.03. The molecule has 1 saturated carbocycles. The van der Waals surface area contributed by atoms with Gasteiger partial charge >= 0.3 is 16.4 Å². The number of piperidine rings is 1. The van der Waals surface area contributed by atoms with Crippen molar-refractivity contribution in [3.05, 3.63) is 0 Å². The molecule has 0 aromatic carbocycles. The number of carbonyl (C=O) groups is 2. The van der Waals surface area contributed by atoms with E-state index in [2.05, 4.69) is 9.60 Å². The number of carbonyl (C=O) groups excluding carboxylic acids is 2. The van der Waals surface area contributed by atoms with E-state index in [4.69, 9.17) is 15.7 Å². The Morgan fingerprint density at radius 3 is 2.50 bits per heavy atom. The number of hydrogen-bond donors (Lipinski definition) is 4. The highest BCUT2D eigenvalue weighted by Gasteiger charge is 2.48. The molecule has 2 atom stereocenters. The SMILES string of the molecule is N=C(NC(=O)C1CCC(N)CC1)C1CCC2CN1C(=O)N2OS(=O)(=O)O. The monoisotopic (exact) mass is 389 g/mol. The van der Waals surface area contributed by atoms with Crippen LogP contribution in [0.25, 0.3) is 0 Å². The Bertz CT molecular complexity index is 705. The fraction of sp³-hybridized carbons (Fsp3) is 0.786. The second-order valence-electron chi connectivity index (χ2n) is 7.02. The minimum atomic E-state index is -4.81. The summed E-state index contributed by atoms with van der Waals surface area (Å²) in [6, 6.07) is -1.82. The Kier molecular flexibility index (Phi) is 5.19. The Hall–Kier alpha value is -1.76. The maximum absolute atomic E-state index is 12.4. The molecule has 0 aromatic rings. The smallest absolute Gasteiger partial charge is 0.328 e. The van der Waals surface area contributed by atoms with Crippen molar-refractivity contribution in [2.75, 3.05) is 6.54 Å². The third-order valence-electron chi connectivity index (χ3n) is 5.23. The zero-order chi connectivity index (χ0) is 19.1. The Balaban J connectivity index is 1.61. The summed E-state index contributed by atoms with van der Waals surface area (Å²) in [6.45, 7) is 0.162. The van der Waals surface area contributed by atoms with Crippen LogP contribution in [-0.2, 0) is 19.5 Å². The van der Waals surface area contributed by atoms with Gasteiger partial charge in [-0.1, -0.05) is 0 Å². The van der Waals surface area contributed by atoms with Gasteiger partial charge in [-0.15, -0.1) is 4.28 Å². The van der Waals surface area contributed by atoms with Gasteiger partial charge < -0.3 is 16.0 Å². The average Bonchev–Trinajstić information content (AvgIpc) is 2.79. The normalized spacial score (nSPS) is 31.8. The quantitative estimate of drug-likeness (QED) is 0.288. The first-order chi connectivity index (χ1) is 12.2. The predicted molar refractivity (Wildman–Crippen MR) is 89.2 cm³/mol. The summed E-state index contributed by atoms with van der Waals surface area (Å²) in [5.41, 5.74) is 5.83. The number of nitrogens with one attached hydrogen (secondary N) is 2. The molecule has 2 heterocycles. The van der Waals surface area contributed by atoms with Crippen molar-refractivity contribution in [1.82, 2.24) is 15.3 Å². The van der Waals surface area contributed by atoms with E-state index in [-0.39, 0.29) is 30.2 Å². The highest BCUT2D eigenvalue weighted by Crippen LogP contribution is 2.31. The first-order valence-electron chi connectivity index (χ1n) is 8.57. The molecule has 3 fully saturated rings. The number of urea groups is 1. The molecule has 0 aromatic heterocycles. The van der Waals surface area contributed by atoms with Crippen LogP contribution < -0.4 is 11.1 Å². The molecule has 2 bridgehead atoms. The van der Waals surface area contributed by atoms with Crippen molar-refractivity contribution in [2.45, 2.75) is 56.7 Å². The van der Waals surface area contributed by atoms with Crippen LogP contribution in [0.3, 0.4) is 0 Å². The van der Waals surface area contributed by atoms with Gasteiger partial charge in [0.2, 0.25) is 5.91 Å². The van der Waals surface area contributed by atoms with Crippen LogP contribution in [0.15, 0.2) is 0 Å². The van der Waals surface area contributed by atoms with E-state index in [1.54, 1.807) is 0 Å². The molecule has 0 spiro atoms. The van der Waals surface area contributed by atoms with Crippen molar-refractivity contribution in [1.29, 1.82) is 5.41 Å². The zero-order valence-electron chi connectivity index (χ0n) is 14.1. The number of rotatable bonds is 4. The molecule has 2 unspecified atom stereocenters. The van der Waals surface area contributed by atoms with Gasteiger partial charge in [0.1, 0.15) is 5.84 Å². The molecular weight excluding hydrogens is 366 g/mol. The van der Waals surface area contributed by atoms with Crippen LogP contribution in [0, 0.1) is 11.3 Å². The average molecular weight is 389 g/mol. The topological polar surface area (TPSA) is 166 Å². The Morgan fingerprint density at radius 1 is 1.23 bits per heavy atom. The lowest BCUT2D eigenvalue weighted by atomic mass is 9.86. The van der Waals surface area contributed by atoms with Gasteiger partial charge in [-0.3, -0.25) is 14.8 Å². The second kappa shape index (κ2) is 7.10. The van der Waals surface area contributed by atoms with Gasteiger partial charge in [-0.25, -0.2) is 4.79 Å². The molecule has 26 heavy (non-hydrogen) atoms. The molecule has 2 saturated heterocycles. The number of nitrogens with two attached hydrogens (primary N) is 1. The van der Waals surface area contributed by atoms with Crippen LogP contribution in [-0.4, -0.2) is 65.4 Å². The minimum Gasteiger partial charge on any atom is -0.328 e. The van der Waals surface area contributed by atoms with E-state index < -0.39 is 28.5 Å². The zero-order valence-corrected chi connectivity index (χ0v) is 14.9. The number of fused-ring (bicyclic) bond motifs is 2. The molecule has 146 valence electrons. The fourth-order valence-electron chi connectivity index (χ4n) is 3.83. The highest BCUT2D eigenvalue weighted by atomic mass is 32.3. The highest BCUT2D eigenvalue weighted by molar-refractivity contribution is 7.80. The molecule has 5 N–H and O–H groups in total. The lowest BCUT2D eigenvalue weighted by molar-refractivity contribution is -0.124. The Labute approximate surface area is 151 Å². The summed E-state index contributed by atoms with van der Waals surface area (Å²) in [7, 11) is -4.81. The fourth-order valence-corrected chi connectivity index (χ4v) is 4.22. The van der Waals surface area contributed by atoms with E-state index in [0.717, 1.165) is 12.8 Å². The van der Waals surface area contributed by atoms with Gasteiger partial charge in [0.05, 0.1) is 12.1 Å². The molecular formula is C14H23N5O6S. The van der Waals surface area contributed by atoms with Gasteiger partial charge in [0.15, 0.2) is 0 Å². The molecule has 3 aliphatic rings. The largest absolute Gasteiger partial charge is 0.418 e. The molecule has 11 nitrogen and oxygen atoms in total. The maximum Gasteiger partial charge on any atom is 0.418 e. The van der Waals surface area contributed by atoms with Crippen LogP contribution in [0.4, 0.5) is 4.79 Å². The first kappa shape index (κ1) is 19.0. The van der Waals surface area contributed by atoms with E-state index >= 15 is 0 Å². The van der Waals surface area contributed by atoms with Crippen LogP contribution in [0.1, 0.15) is 38.5 Å². The first-order valence-corrected chi connectivity index (χ1v) is 9.94. The number of amides is 3. The summed E-state index contributed by atoms with van der Waals surface area (Å²) in [6.07, 6.45) is 3.65. The lowest BCUT2D eigenvalue weighted by Gasteiger charge is -2.32. The number of amidine groups is 1. The summed E-state index contributed by atoms with van der Waals surface area (Å²) < 4.78 is 34.9. The molecule has 2 aliphatic heterocycles. The number of nitrogens with zero attached hydrogens (tertiary/aromatic N) is 2. The van der Waals surface area contributed by atoms with Crippen LogP contribution in [0.2, 0.25) is 0 Å². The third-order valence-corrected chi connectivity index (χ3v) is 5.58.